The molecule has 1 heterocycles. The highest BCUT2D eigenvalue weighted by Gasteiger charge is 2.33. The first-order valence-electron chi connectivity index (χ1n) is 4.27. The summed E-state index contributed by atoms with van der Waals surface area (Å²) in [5.41, 5.74) is 0. The van der Waals surface area contributed by atoms with Crippen LogP contribution in [0.15, 0.2) is 12.2 Å². The van der Waals surface area contributed by atoms with Gasteiger partial charge in [0.15, 0.2) is 0 Å². The lowest BCUT2D eigenvalue weighted by Crippen LogP contribution is -2.26. The van der Waals surface area contributed by atoms with Gasteiger partial charge in [0, 0.05) is 19.5 Å². The van der Waals surface area contributed by atoms with E-state index in [1.807, 2.05) is 19.1 Å². The number of hydrogen-bond donors (Lipinski definition) is 1. The second-order valence-corrected chi connectivity index (χ2v) is 3.11. The van der Waals surface area contributed by atoms with E-state index < -0.39 is 11.9 Å². The van der Waals surface area contributed by atoms with Crippen molar-refractivity contribution in [2.75, 3.05) is 13.1 Å². The van der Waals surface area contributed by atoms with Gasteiger partial charge in [-0.1, -0.05) is 12.2 Å². The van der Waals surface area contributed by atoms with E-state index in [0.717, 1.165) is 0 Å². The van der Waals surface area contributed by atoms with Gasteiger partial charge >= 0.3 is 5.97 Å². The summed E-state index contributed by atoms with van der Waals surface area (Å²) >= 11 is 0. The van der Waals surface area contributed by atoms with E-state index in [-0.39, 0.29) is 12.3 Å². The lowest BCUT2D eigenvalue weighted by molar-refractivity contribution is -0.141. The number of carboxylic acid groups (broad SMARTS) is 1. The molecule has 1 amide bonds. The molecule has 0 saturated carbocycles. The monoisotopic (exact) mass is 183 g/mol. The second-order valence-electron chi connectivity index (χ2n) is 3.11. The molecule has 1 aliphatic heterocycles. The van der Waals surface area contributed by atoms with Crippen LogP contribution in [0.1, 0.15) is 13.3 Å². The average molecular weight is 183 g/mol. The van der Waals surface area contributed by atoms with Crippen LogP contribution in [-0.4, -0.2) is 35.0 Å². The summed E-state index contributed by atoms with van der Waals surface area (Å²) in [7, 11) is 0. The maximum atomic E-state index is 11.2. The van der Waals surface area contributed by atoms with E-state index in [1.54, 1.807) is 4.90 Å². The average Bonchev–Trinajstić information content (AvgIpc) is 2.44. The van der Waals surface area contributed by atoms with Crippen molar-refractivity contribution in [1.29, 1.82) is 0 Å². The fourth-order valence-corrected chi connectivity index (χ4v) is 1.35. The van der Waals surface area contributed by atoms with E-state index in [9.17, 15) is 9.59 Å². The standard InChI is InChI=1S/C9H13NO3/c1-2-3-4-10-6-7(9(12)13)5-8(10)11/h2-3,7H,4-6H2,1H3,(H,12,13)/b3-2+. The van der Waals surface area contributed by atoms with Gasteiger partial charge in [-0.05, 0) is 6.92 Å². The largest absolute Gasteiger partial charge is 0.481 e. The molecular weight excluding hydrogens is 170 g/mol. The van der Waals surface area contributed by atoms with Crippen molar-refractivity contribution in [3.05, 3.63) is 12.2 Å². The number of carbonyl (C=O) groups excluding carboxylic acids is 1. The van der Waals surface area contributed by atoms with Crippen molar-refractivity contribution >= 4 is 11.9 Å². The van der Waals surface area contributed by atoms with Crippen molar-refractivity contribution in [2.24, 2.45) is 5.92 Å². The first-order valence-corrected chi connectivity index (χ1v) is 4.27. The van der Waals surface area contributed by atoms with Crippen LogP contribution in [0.25, 0.3) is 0 Å². The molecule has 0 bridgehead atoms. The molecule has 1 rings (SSSR count). The van der Waals surface area contributed by atoms with E-state index in [1.165, 1.54) is 0 Å². The van der Waals surface area contributed by atoms with Crippen molar-refractivity contribution in [1.82, 2.24) is 4.90 Å². The molecule has 0 radical (unpaired) electrons. The van der Waals surface area contributed by atoms with Gasteiger partial charge in [-0.15, -0.1) is 0 Å². The molecule has 4 heteroatoms. The number of nitrogens with zero attached hydrogens (tertiary/aromatic N) is 1. The molecule has 0 aliphatic carbocycles. The fourth-order valence-electron chi connectivity index (χ4n) is 1.35. The van der Waals surface area contributed by atoms with E-state index in [2.05, 4.69) is 0 Å². The Morgan fingerprint density at radius 3 is 2.92 bits per heavy atom. The van der Waals surface area contributed by atoms with Crippen molar-refractivity contribution in [3.8, 4) is 0 Å². The summed E-state index contributed by atoms with van der Waals surface area (Å²) in [5.74, 6) is -1.46. The maximum absolute atomic E-state index is 11.2. The summed E-state index contributed by atoms with van der Waals surface area (Å²) in [6.07, 6.45) is 3.84. The first-order chi connectivity index (χ1) is 6.15. The molecule has 1 atom stereocenters. The second kappa shape index (κ2) is 4.07. The lowest BCUT2D eigenvalue weighted by atomic mass is 10.1. The molecule has 1 saturated heterocycles. The number of carbonyl (C=O) groups is 2. The van der Waals surface area contributed by atoms with Gasteiger partial charge in [0.1, 0.15) is 0 Å². The number of rotatable bonds is 3. The van der Waals surface area contributed by atoms with Crippen LogP contribution in [-0.2, 0) is 9.59 Å². The summed E-state index contributed by atoms with van der Waals surface area (Å²) in [5, 5.41) is 8.68. The zero-order valence-corrected chi connectivity index (χ0v) is 7.56. The molecule has 1 fully saturated rings. The van der Waals surface area contributed by atoms with Gasteiger partial charge in [0.25, 0.3) is 0 Å². The van der Waals surface area contributed by atoms with Crippen molar-refractivity contribution < 1.29 is 14.7 Å². The Bertz CT molecular complexity index is 247. The molecule has 1 unspecified atom stereocenters. The van der Waals surface area contributed by atoms with Gasteiger partial charge < -0.3 is 10.0 Å². The fraction of sp³-hybridized carbons (Fsp3) is 0.556. The highest BCUT2D eigenvalue weighted by molar-refractivity contribution is 5.86. The Morgan fingerprint density at radius 2 is 2.46 bits per heavy atom. The quantitative estimate of drug-likeness (QED) is 0.648. The van der Waals surface area contributed by atoms with Gasteiger partial charge in [-0.2, -0.15) is 0 Å². The third-order valence-electron chi connectivity index (χ3n) is 2.13. The highest BCUT2D eigenvalue weighted by atomic mass is 16.4. The Morgan fingerprint density at radius 1 is 1.77 bits per heavy atom. The molecule has 0 aromatic heterocycles. The van der Waals surface area contributed by atoms with Crippen molar-refractivity contribution in [3.63, 3.8) is 0 Å². The minimum atomic E-state index is -0.878. The third-order valence-corrected chi connectivity index (χ3v) is 2.13. The summed E-state index contributed by atoms with van der Waals surface area (Å²) in [6.45, 7) is 2.74. The molecule has 72 valence electrons. The van der Waals surface area contributed by atoms with Crippen LogP contribution >= 0.6 is 0 Å². The highest BCUT2D eigenvalue weighted by Crippen LogP contribution is 2.17. The van der Waals surface area contributed by atoms with Crippen molar-refractivity contribution in [2.45, 2.75) is 13.3 Å². The number of amides is 1. The topological polar surface area (TPSA) is 57.6 Å². The first kappa shape index (κ1) is 9.77. The smallest absolute Gasteiger partial charge is 0.308 e. The molecule has 0 spiro atoms. The molecular formula is C9H13NO3. The number of aliphatic carboxylic acids is 1. The Hall–Kier alpha value is -1.32. The molecule has 1 aliphatic rings. The Balaban J connectivity index is 2.51. The Kier molecular flexibility index (Phi) is 3.06. The molecule has 0 aromatic carbocycles. The van der Waals surface area contributed by atoms with E-state index in [0.29, 0.717) is 13.1 Å². The lowest BCUT2D eigenvalue weighted by Gasteiger charge is -2.12. The molecule has 1 N–H and O–H groups in total. The SMILES string of the molecule is C/C=C/CN1CC(C(=O)O)CC1=O. The van der Waals surface area contributed by atoms with Crippen LogP contribution in [0.4, 0.5) is 0 Å². The zero-order chi connectivity index (χ0) is 9.84. The predicted molar refractivity (Wildman–Crippen MR) is 47.1 cm³/mol. The molecule has 4 nitrogen and oxygen atoms in total. The summed E-state index contributed by atoms with van der Waals surface area (Å²) < 4.78 is 0. The minimum Gasteiger partial charge on any atom is -0.481 e. The van der Waals surface area contributed by atoms with Crippen LogP contribution in [0.3, 0.4) is 0 Å². The van der Waals surface area contributed by atoms with E-state index >= 15 is 0 Å². The predicted octanol–water partition coefficient (Wildman–Crippen LogP) is 0.496. The maximum Gasteiger partial charge on any atom is 0.308 e. The number of carboxylic acids is 1. The summed E-state index contributed by atoms with van der Waals surface area (Å²) in [4.78, 5) is 23.4. The molecule has 13 heavy (non-hydrogen) atoms. The van der Waals surface area contributed by atoms with Gasteiger partial charge in [0.05, 0.1) is 5.92 Å². The number of likely N-dealkylation sites (tertiary alicyclic amines) is 1. The van der Waals surface area contributed by atoms with E-state index in [4.69, 9.17) is 5.11 Å². The Labute approximate surface area is 76.8 Å². The van der Waals surface area contributed by atoms with Crippen LogP contribution in [0.2, 0.25) is 0 Å². The zero-order valence-electron chi connectivity index (χ0n) is 7.56. The minimum absolute atomic E-state index is 0.0644. The normalized spacial score (nSPS) is 23.0. The number of allylic oxidation sites excluding steroid dienone is 1. The molecule has 0 aromatic rings. The number of hydrogen-bond acceptors (Lipinski definition) is 2. The van der Waals surface area contributed by atoms with Gasteiger partial charge in [-0.3, -0.25) is 9.59 Å². The van der Waals surface area contributed by atoms with Crippen LogP contribution in [0.5, 0.6) is 0 Å². The van der Waals surface area contributed by atoms with Gasteiger partial charge in [0.2, 0.25) is 5.91 Å². The van der Waals surface area contributed by atoms with Crippen LogP contribution in [0, 0.1) is 5.92 Å². The summed E-state index contributed by atoms with van der Waals surface area (Å²) in [6, 6.07) is 0. The van der Waals surface area contributed by atoms with Gasteiger partial charge in [-0.25, -0.2) is 0 Å². The third kappa shape index (κ3) is 2.31. The van der Waals surface area contributed by atoms with Crippen LogP contribution < -0.4 is 0 Å².